The van der Waals surface area contributed by atoms with Crippen molar-refractivity contribution < 1.29 is 9.47 Å². The largest absolute Gasteiger partial charge is 0.490 e. The minimum atomic E-state index is 0.117. The normalized spacial score (nSPS) is 14.8. The Balaban J connectivity index is 1.97. The van der Waals surface area contributed by atoms with E-state index in [2.05, 4.69) is 28.2 Å². The van der Waals surface area contributed by atoms with Gasteiger partial charge in [-0.2, -0.15) is 5.10 Å². The number of hydrogen-bond acceptors (Lipinski definition) is 4. The number of nitrogens with one attached hydrogen (secondary N) is 1. The van der Waals surface area contributed by atoms with Crippen LogP contribution in [-0.4, -0.2) is 41.4 Å². The lowest BCUT2D eigenvalue weighted by atomic mass is 10.0. The number of rotatable bonds is 5. The minimum Gasteiger partial charge on any atom is -0.490 e. The van der Waals surface area contributed by atoms with Gasteiger partial charge in [0.2, 0.25) is 0 Å². The van der Waals surface area contributed by atoms with Gasteiger partial charge in [-0.1, -0.05) is 0 Å². The highest BCUT2D eigenvalue weighted by Gasteiger charge is 2.21. The van der Waals surface area contributed by atoms with Gasteiger partial charge < -0.3 is 14.4 Å². The topological polar surface area (TPSA) is 50.4 Å². The fourth-order valence-electron chi connectivity index (χ4n) is 2.94. The monoisotopic (exact) mass is 315 g/mol. The number of likely N-dealkylation sites (N-methyl/N-ethyl adjacent to an activating group) is 1. The summed E-state index contributed by atoms with van der Waals surface area (Å²) in [5.41, 5.74) is 4.62. The summed E-state index contributed by atoms with van der Waals surface area (Å²) in [4.78, 5) is 2.32. The van der Waals surface area contributed by atoms with Crippen LogP contribution in [0.5, 0.6) is 11.5 Å². The fourth-order valence-corrected chi connectivity index (χ4v) is 2.94. The second-order valence-corrected chi connectivity index (χ2v) is 6.28. The first-order valence-electron chi connectivity index (χ1n) is 8.27. The van der Waals surface area contributed by atoms with Gasteiger partial charge in [0.1, 0.15) is 0 Å². The lowest BCUT2D eigenvalue weighted by Gasteiger charge is -2.22. The van der Waals surface area contributed by atoms with E-state index < -0.39 is 0 Å². The molecule has 2 heterocycles. The molecule has 0 spiro atoms. The number of fused-ring (bicyclic) bond motifs is 1. The second kappa shape index (κ2) is 6.62. The van der Waals surface area contributed by atoms with Crippen molar-refractivity contribution in [2.45, 2.75) is 39.8 Å². The lowest BCUT2D eigenvalue weighted by Crippen LogP contribution is -2.26. The average Bonchev–Trinajstić information content (AvgIpc) is 2.92. The Bertz CT molecular complexity index is 679. The lowest BCUT2D eigenvalue weighted by molar-refractivity contribution is 0.224. The van der Waals surface area contributed by atoms with Gasteiger partial charge in [-0.3, -0.25) is 5.10 Å². The summed E-state index contributed by atoms with van der Waals surface area (Å²) in [6.45, 7) is 8.62. The smallest absolute Gasteiger partial charge is 0.161 e. The first kappa shape index (κ1) is 15.9. The summed E-state index contributed by atoms with van der Waals surface area (Å²) in [5, 5.41) is 7.74. The van der Waals surface area contributed by atoms with Gasteiger partial charge in [0, 0.05) is 36.3 Å². The van der Waals surface area contributed by atoms with Crippen LogP contribution in [0.2, 0.25) is 0 Å². The number of aromatic amines is 1. The highest BCUT2D eigenvalue weighted by atomic mass is 16.5. The molecule has 1 aromatic carbocycles. The van der Waals surface area contributed by atoms with Crippen LogP contribution in [0, 0.1) is 0 Å². The Hall–Kier alpha value is -2.01. The van der Waals surface area contributed by atoms with Crippen LogP contribution in [0.25, 0.3) is 11.3 Å². The van der Waals surface area contributed by atoms with Crippen molar-refractivity contribution in [1.82, 2.24) is 15.1 Å². The standard InChI is InChI=1S/C18H25N3O2/c1-5-22-17-10-13(6-7-16(17)23-12(2)3)18-14-11-21(4)9-8-15(14)19-20-18/h6-7,10,12H,5,8-9,11H2,1-4H3,(H,19,20). The third-order valence-electron chi connectivity index (χ3n) is 4.00. The van der Waals surface area contributed by atoms with Gasteiger partial charge in [-0.05, 0) is 46.0 Å². The molecule has 3 rings (SSSR count). The van der Waals surface area contributed by atoms with E-state index >= 15 is 0 Å². The average molecular weight is 315 g/mol. The number of H-pyrrole nitrogens is 1. The number of benzene rings is 1. The van der Waals surface area contributed by atoms with Crippen molar-refractivity contribution in [2.75, 3.05) is 20.2 Å². The molecule has 1 aromatic heterocycles. The van der Waals surface area contributed by atoms with Crippen molar-refractivity contribution in [2.24, 2.45) is 0 Å². The maximum Gasteiger partial charge on any atom is 0.161 e. The van der Waals surface area contributed by atoms with E-state index in [4.69, 9.17) is 9.47 Å². The highest BCUT2D eigenvalue weighted by molar-refractivity contribution is 5.68. The molecule has 0 amide bonds. The molecule has 0 unspecified atom stereocenters. The van der Waals surface area contributed by atoms with E-state index in [0.717, 1.165) is 42.3 Å². The van der Waals surface area contributed by atoms with E-state index in [0.29, 0.717) is 6.61 Å². The molecule has 0 fully saturated rings. The van der Waals surface area contributed by atoms with Crippen LogP contribution in [-0.2, 0) is 13.0 Å². The van der Waals surface area contributed by atoms with Crippen molar-refractivity contribution in [3.05, 3.63) is 29.5 Å². The SMILES string of the molecule is CCOc1cc(-c2n[nH]c3c2CN(C)CC3)ccc1OC(C)C. The maximum atomic E-state index is 5.84. The zero-order valence-corrected chi connectivity index (χ0v) is 14.3. The molecule has 2 aromatic rings. The van der Waals surface area contributed by atoms with Crippen LogP contribution >= 0.6 is 0 Å². The Morgan fingerprint density at radius 1 is 1.30 bits per heavy atom. The first-order chi connectivity index (χ1) is 11.1. The molecule has 1 N–H and O–H groups in total. The van der Waals surface area contributed by atoms with E-state index in [1.807, 2.05) is 32.9 Å². The Kier molecular flexibility index (Phi) is 4.57. The van der Waals surface area contributed by atoms with Crippen LogP contribution < -0.4 is 9.47 Å². The number of nitrogens with zero attached hydrogens (tertiary/aromatic N) is 2. The van der Waals surface area contributed by atoms with E-state index in [9.17, 15) is 0 Å². The summed E-state index contributed by atoms with van der Waals surface area (Å²) in [5.74, 6) is 1.56. The molecule has 5 nitrogen and oxygen atoms in total. The Morgan fingerprint density at radius 2 is 2.13 bits per heavy atom. The minimum absolute atomic E-state index is 0.117. The summed E-state index contributed by atoms with van der Waals surface area (Å²) >= 11 is 0. The predicted octanol–water partition coefficient (Wildman–Crippen LogP) is 3.25. The quantitative estimate of drug-likeness (QED) is 0.920. The molecule has 0 saturated heterocycles. The molecule has 0 radical (unpaired) electrons. The molecule has 0 saturated carbocycles. The molecule has 1 aliphatic rings. The van der Waals surface area contributed by atoms with E-state index in [1.54, 1.807) is 0 Å². The van der Waals surface area contributed by atoms with Crippen LogP contribution in [0.4, 0.5) is 0 Å². The van der Waals surface area contributed by atoms with Gasteiger partial charge in [0.05, 0.1) is 18.4 Å². The second-order valence-electron chi connectivity index (χ2n) is 6.28. The summed E-state index contributed by atoms with van der Waals surface area (Å²) in [7, 11) is 2.14. The van der Waals surface area contributed by atoms with Crippen LogP contribution in [0.3, 0.4) is 0 Å². The van der Waals surface area contributed by atoms with Gasteiger partial charge in [-0.15, -0.1) is 0 Å². The molecule has 5 heteroatoms. The number of aromatic nitrogens is 2. The third-order valence-corrected chi connectivity index (χ3v) is 4.00. The van der Waals surface area contributed by atoms with E-state index in [-0.39, 0.29) is 6.10 Å². The summed E-state index contributed by atoms with van der Waals surface area (Å²) in [6.07, 6.45) is 1.14. The Labute approximate surface area is 137 Å². The van der Waals surface area contributed by atoms with Crippen molar-refractivity contribution >= 4 is 0 Å². The van der Waals surface area contributed by atoms with Crippen LogP contribution in [0.15, 0.2) is 18.2 Å². The molecule has 0 atom stereocenters. The molecular weight excluding hydrogens is 290 g/mol. The molecule has 23 heavy (non-hydrogen) atoms. The third kappa shape index (κ3) is 3.34. The first-order valence-corrected chi connectivity index (χ1v) is 8.27. The van der Waals surface area contributed by atoms with Crippen LogP contribution in [0.1, 0.15) is 32.0 Å². The number of ether oxygens (including phenoxy) is 2. The number of hydrogen-bond donors (Lipinski definition) is 1. The van der Waals surface area contributed by atoms with E-state index in [1.165, 1.54) is 11.3 Å². The van der Waals surface area contributed by atoms with Gasteiger partial charge >= 0.3 is 0 Å². The van der Waals surface area contributed by atoms with Crippen molar-refractivity contribution in [3.8, 4) is 22.8 Å². The zero-order valence-electron chi connectivity index (χ0n) is 14.3. The predicted molar refractivity (Wildman–Crippen MR) is 91.0 cm³/mol. The Morgan fingerprint density at radius 3 is 2.87 bits per heavy atom. The maximum absolute atomic E-state index is 5.84. The van der Waals surface area contributed by atoms with Crippen molar-refractivity contribution in [1.29, 1.82) is 0 Å². The summed E-state index contributed by atoms with van der Waals surface area (Å²) < 4.78 is 11.6. The van der Waals surface area contributed by atoms with Crippen molar-refractivity contribution in [3.63, 3.8) is 0 Å². The fraction of sp³-hybridized carbons (Fsp3) is 0.500. The summed E-state index contributed by atoms with van der Waals surface area (Å²) in [6, 6.07) is 6.07. The molecule has 0 aliphatic carbocycles. The zero-order chi connectivity index (χ0) is 16.4. The highest BCUT2D eigenvalue weighted by Crippen LogP contribution is 2.35. The van der Waals surface area contributed by atoms with Gasteiger partial charge in [-0.25, -0.2) is 0 Å². The van der Waals surface area contributed by atoms with Gasteiger partial charge in [0.15, 0.2) is 11.5 Å². The molecule has 0 bridgehead atoms. The molecular formula is C18H25N3O2. The molecule has 124 valence electrons. The molecule has 1 aliphatic heterocycles. The van der Waals surface area contributed by atoms with Gasteiger partial charge in [0.25, 0.3) is 0 Å².